The first kappa shape index (κ1) is 85.2. The van der Waals surface area contributed by atoms with Crippen molar-refractivity contribution in [2.75, 3.05) is 67.1 Å². The molecule has 0 radical (unpaired) electrons. The number of carbonyl (C=O) groups is 9. The standard InChI is InChI=1S/C44H59ClN4O10.C37H47ClN2O9/c1-27(2)21-36-42(53)57-34(28(3)39-40(59-39)31-14-11-29(12-15-31)24-48-17-19-49(20-18-48)25-38(51)56-7)9-8-10-37(50)47-33(23-30-13-16-35(55-6)32(45)22-30)41(52)46-26-44(4,5)43(54)58-36;1-21(2)16-30-35(44)47-28(22(3)32-33(49-32)25-13-10-23(19-41)11-14-25)8-7-9-31(42)40-27(18-24-12-15-29(46-6)26(38)17-24)34(43)39-20-37(4,5)36(45)48-30/h8,10-16,22,27-28,33-34,36,39-40H,9,17-21,23-26H2,1-7H3,(H,46,52)(H,47,50);7,9-15,17,21-22,27-28,30,32-33,41H,8,16,18-20H2,1-6H3,(H,39,43)(H,40,42)/b10-8+;9-7+/t28-,33+,34-,36-,39+,40+;22-,27+,28-,30-,32+,33+/m00/s1. The molecule has 12 atom stereocenters. The Morgan fingerprint density at radius 1 is 0.546 bits per heavy atom. The van der Waals surface area contributed by atoms with Gasteiger partial charge in [0.25, 0.3) is 0 Å². The molecule has 0 unspecified atom stereocenters. The van der Waals surface area contributed by atoms with Gasteiger partial charge in [0.15, 0.2) is 12.2 Å². The molecule has 4 amide bonds. The van der Waals surface area contributed by atoms with Crippen molar-refractivity contribution >= 4 is 76.7 Å². The molecule has 0 aromatic heterocycles. The number of epoxide rings is 2. The summed E-state index contributed by atoms with van der Waals surface area (Å²) in [7, 11) is 4.41. The van der Waals surface area contributed by atoms with E-state index >= 15 is 0 Å². The maximum absolute atomic E-state index is 13.8. The highest BCUT2D eigenvalue weighted by Crippen LogP contribution is 2.47. The number of hydrogen-bond acceptors (Lipinski definition) is 21. The molecule has 5 heterocycles. The van der Waals surface area contributed by atoms with Crippen molar-refractivity contribution in [1.82, 2.24) is 31.1 Å². The van der Waals surface area contributed by atoms with Crippen molar-refractivity contribution in [3.05, 3.63) is 153 Å². The lowest BCUT2D eigenvalue weighted by Crippen LogP contribution is -2.51. The molecule has 588 valence electrons. The zero-order chi connectivity index (χ0) is 78.7. The summed E-state index contributed by atoms with van der Waals surface area (Å²) in [6.07, 6.45) is 2.07. The van der Waals surface area contributed by atoms with Gasteiger partial charge in [0, 0.05) is 83.3 Å². The predicted octanol–water partition coefficient (Wildman–Crippen LogP) is 9.03. The molecule has 108 heavy (non-hydrogen) atoms. The summed E-state index contributed by atoms with van der Waals surface area (Å²) in [6.45, 7) is 22.1. The third-order valence-corrected chi connectivity index (χ3v) is 20.4. The van der Waals surface area contributed by atoms with E-state index in [-0.39, 0.29) is 112 Å². The van der Waals surface area contributed by atoms with Gasteiger partial charge in [-0.25, -0.2) is 9.59 Å². The SMILES string of the molecule is COC(=O)CN1CCN(Cc2ccc([C@H]3O[C@@H]3[C@@H](C)[C@@H]3C/C=C/C(=O)N[C@H](Cc4ccc(OC)c(Cl)c4)C(=O)NCC(C)(C)C(=O)O[C@@H](CC(C)C)C(=O)O3)cc2)CC1.COc1ccc(C[C@H]2NC(=O)/C=C/C[C@@H]([C@H](C)[C@H]3O[C@@H]3c3ccc(CO)cc3)OC(=O)[C@H](CC(C)C)OC(=O)C(C)(C)CNC2=O)cc1Cl. The zero-order valence-electron chi connectivity index (χ0n) is 64.0. The Morgan fingerprint density at radius 2 is 0.935 bits per heavy atom. The summed E-state index contributed by atoms with van der Waals surface area (Å²) < 4.78 is 51.3. The Kier molecular flexibility index (Phi) is 31.0. The highest BCUT2D eigenvalue weighted by molar-refractivity contribution is 6.32. The van der Waals surface area contributed by atoms with E-state index in [4.69, 9.17) is 65.8 Å². The van der Waals surface area contributed by atoms with Crippen LogP contribution in [0, 0.1) is 34.5 Å². The van der Waals surface area contributed by atoms with Gasteiger partial charge in [0.2, 0.25) is 23.6 Å². The van der Waals surface area contributed by atoms with Gasteiger partial charge < -0.3 is 69.0 Å². The van der Waals surface area contributed by atoms with E-state index in [1.807, 2.05) is 65.8 Å². The summed E-state index contributed by atoms with van der Waals surface area (Å²) in [5.41, 5.74) is 2.81. The summed E-state index contributed by atoms with van der Waals surface area (Å²) in [4.78, 5) is 124. The van der Waals surface area contributed by atoms with Crippen molar-refractivity contribution in [3.63, 3.8) is 0 Å². The molecular weight excluding hydrogens is 1430 g/mol. The van der Waals surface area contributed by atoms with Gasteiger partial charge in [0.05, 0.1) is 67.6 Å². The minimum absolute atomic E-state index is 0.00322. The number of benzene rings is 4. The molecule has 3 saturated heterocycles. The molecule has 0 saturated carbocycles. The lowest BCUT2D eigenvalue weighted by molar-refractivity contribution is -0.179. The lowest BCUT2D eigenvalue weighted by Gasteiger charge is -2.34. The molecule has 0 bridgehead atoms. The number of nitrogens with zero attached hydrogens (tertiary/aromatic N) is 2. The smallest absolute Gasteiger partial charge is 0.347 e. The first-order chi connectivity index (χ1) is 51.3. The average Bonchev–Trinajstić information content (AvgIpc) is 1.63. The third kappa shape index (κ3) is 24.8. The number of halogens is 2. The predicted molar refractivity (Wildman–Crippen MR) is 403 cm³/mol. The monoisotopic (exact) mass is 1540 g/mol. The fourth-order valence-electron chi connectivity index (χ4n) is 12.9. The van der Waals surface area contributed by atoms with Crippen LogP contribution in [0.5, 0.6) is 11.5 Å². The van der Waals surface area contributed by atoms with Crippen LogP contribution >= 0.6 is 23.2 Å². The molecule has 4 aromatic carbocycles. The van der Waals surface area contributed by atoms with Crippen LogP contribution in [0.25, 0.3) is 0 Å². The second kappa shape index (κ2) is 39.3. The van der Waals surface area contributed by atoms with Crippen LogP contribution in [0.15, 0.2) is 109 Å². The topological polar surface area (TPSA) is 318 Å². The number of amides is 4. The average molecular weight is 1540 g/mol. The van der Waals surface area contributed by atoms with Crippen molar-refractivity contribution in [2.24, 2.45) is 34.5 Å². The van der Waals surface area contributed by atoms with E-state index in [1.54, 1.807) is 76.2 Å². The number of carbonyl (C=O) groups excluding carboxylic acids is 9. The van der Waals surface area contributed by atoms with Gasteiger partial charge in [0.1, 0.15) is 48.0 Å². The van der Waals surface area contributed by atoms with Crippen LogP contribution in [0.3, 0.4) is 0 Å². The molecule has 4 aromatic rings. The van der Waals surface area contributed by atoms with Crippen LogP contribution in [-0.2, 0) is 102 Å². The van der Waals surface area contributed by atoms with Crippen molar-refractivity contribution in [3.8, 4) is 11.5 Å². The van der Waals surface area contributed by atoms with Crippen LogP contribution in [0.1, 0.15) is 141 Å². The first-order valence-electron chi connectivity index (χ1n) is 36.9. The number of nitrogens with one attached hydrogen (secondary N) is 4. The molecule has 25 nitrogen and oxygen atoms in total. The molecule has 27 heteroatoms. The van der Waals surface area contributed by atoms with Crippen molar-refractivity contribution < 1.29 is 90.9 Å². The number of aliphatic hydroxyl groups is 1. The van der Waals surface area contributed by atoms with Crippen LogP contribution in [0.4, 0.5) is 0 Å². The third-order valence-electron chi connectivity index (χ3n) is 19.8. The number of rotatable bonds is 21. The van der Waals surface area contributed by atoms with Gasteiger partial charge in [-0.3, -0.25) is 43.4 Å². The van der Waals surface area contributed by atoms with E-state index in [1.165, 1.54) is 33.5 Å². The van der Waals surface area contributed by atoms with E-state index in [2.05, 4.69) is 55.3 Å². The van der Waals surface area contributed by atoms with Crippen LogP contribution < -0.4 is 30.7 Å². The van der Waals surface area contributed by atoms with E-state index in [9.17, 15) is 48.3 Å². The molecule has 5 N–H and O–H groups in total. The Balaban J connectivity index is 0.000000277. The second-order valence-corrected chi connectivity index (χ2v) is 31.3. The largest absolute Gasteiger partial charge is 0.495 e. The molecule has 0 spiro atoms. The minimum atomic E-state index is -1.22. The van der Waals surface area contributed by atoms with Gasteiger partial charge in [-0.15, -0.1) is 0 Å². The van der Waals surface area contributed by atoms with E-state index < -0.39 is 94.8 Å². The Morgan fingerprint density at radius 3 is 1.31 bits per heavy atom. The van der Waals surface area contributed by atoms with Crippen LogP contribution in [-0.4, -0.2) is 184 Å². The molecule has 0 aliphatic carbocycles. The van der Waals surface area contributed by atoms with Crippen molar-refractivity contribution in [1.29, 1.82) is 0 Å². The quantitative estimate of drug-likeness (QED) is 0.0295. The van der Waals surface area contributed by atoms with E-state index in [0.29, 0.717) is 39.2 Å². The number of cyclic esters (lactones) is 4. The molecule has 9 rings (SSSR count). The van der Waals surface area contributed by atoms with Crippen LogP contribution in [0.2, 0.25) is 10.0 Å². The molecule has 5 aliphatic heterocycles. The maximum Gasteiger partial charge on any atom is 0.347 e. The highest BCUT2D eigenvalue weighted by atomic mass is 35.5. The summed E-state index contributed by atoms with van der Waals surface area (Å²) in [5.74, 6) is -4.65. The van der Waals surface area contributed by atoms with Gasteiger partial charge in [-0.1, -0.05) is 138 Å². The summed E-state index contributed by atoms with van der Waals surface area (Å²) in [6, 6.07) is 24.0. The number of methoxy groups -OCH3 is 3. The summed E-state index contributed by atoms with van der Waals surface area (Å²) in [5, 5.41) is 21.2. The minimum Gasteiger partial charge on any atom is -0.495 e. The van der Waals surface area contributed by atoms with Gasteiger partial charge in [-0.05, 0) is 122 Å². The second-order valence-electron chi connectivity index (χ2n) is 30.5. The Hall–Kier alpha value is -8.43. The normalized spacial score (nSPS) is 26.0. The number of ether oxygens (including phenoxy) is 9. The molecular formula is C81H106Cl2N6O19. The van der Waals surface area contributed by atoms with E-state index in [0.717, 1.165) is 55.0 Å². The summed E-state index contributed by atoms with van der Waals surface area (Å²) >= 11 is 12.7. The van der Waals surface area contributed by atoms with Gasteiger partial charge >= 0.3 is 29.8 Å². The molecule has 5 aliphatic rings. The zero-order valence-corrected chi connectivity index (χ0v) is 65.5. The number of hydrogen-bond donors (Lipinski definition) is 5. The fourth-order valence-corrected chi connectivity index (χ4v) is 13.4. The number of aliphatic hydroxyl groups excluding tert-OH is 1. The van der Waals surface area contributed by atoms with Gasteiger partial charge in [-0.2, -0.15) is 0 Å². The lowest BCUT2D eigenvalue weighted by atomic mass is 9.92. The Labute approximate surface area is 643 Å². The van der Waals surface area contributed by atoms with Crippen molar-refractivity contribution in [2.45, 2.75) is 182 Å². The maximum atomic E-state index is 13.8. The fraction of sp³-hybridized carbons (Fsp3) is 0.543. The first-order valence-corrected chi connectivity index (χ1v) is 37.6. The number of piperazine rings is 1. The molecule has 3 fully saturated rings. The highest BCUT2D eigenvalue weighted by Gasteiger charge is 2.50. The number of esters is 5. The Bertz CT molecular complexity index is 3840.